The fourth-order valence-electron chi connectivity index (χ4n) is 9.72. The average Bonchev–Trinajstić information content (AvgIpc) is 3.48. The third-order valence-corrected chi connectivity index (χ3v) is 13.3. The van der Waals surface area contributed by atoms with Crippen molar-refractivity contribution in [1.82, 2.24) is 15.0 Å². The van der Waals surface area contributed by atoms with Gasteiger partial charge in [0.15, 0.2) is 5.82 Å². The minimum absolute atomic E-state index is 0.675. The smallest absolute Gasteiger partial charge is 0.160 e. The molecule has 3 heteroatoms. The Morgan fingerprint density at radius 2 is 0.458 bits per heavy atom. The number of nitrogens with zero attached hydrogens (tertiary/aromatic N) is 3. The lowest BCUT2D eigenvalue weighted by molar-refractivity contribution is 1.18. The molecule has 0 N–H and O–H groups in total. The van der Waals surface area contributed by atoms with Crippen LogP contribution in [-0.2, 0) is 0 Å². The van der Waals surface area contributed by atoms with Crippen LogP contribution in [0.15, 0.2) is 285 Å². The topological polar surface area (TPSA) is 38.7 Å². The standard InChI is InChI=1S/C69H47N3/c1-7-20-48(21-8-1)50-34-40-53(41-35-50)62-47-63(71-69(70-62)59-44-38-51(39-45-59)49-22-9-2-10-23-49)61-33-19-32-60(46-61)52-36-42-56(43-37-52)64-65(54-24-11-3-12-25-54)67(57-28-15-5-16-29-57)72-68(58-30-17-6-18-31-58)66(64)55-26-13-4-14-27-55/h1-47H. The third-order valence-electron chi connectivity index (χ3n) is 13.3. The molecule has 12 aromatic rings. The van der Waals surface area contributed by atoms with Gasteiger partial charge in [0.25, 0.3) is 0 Å². The van der Waals surface area contributed by atoms with Crippen molar-refractivity contribution in [3.63, 3.8) is 0 Å². The summed E-state index contributed by atoms with van der Waals surface area (Å²) in [7, 11) is 0. The van der Waals surface area contributed by atoms with Crippen LogP contribution in [0, 0.1) is 0 Å². The van der Waals surface area contributed by atoms with Crippen molar-refractivity contribution in [1.29, 1.82) is 0 Å². The summed E-state index contributed by atoms with van der Waals surface area (Å²) in [4.78, 5) is 16.1. The molecule has 0 atom stereocenters. The van der Waals surface area contributed by atoms with Crippen LogP contribution in [0.25, 0.3) is 123 Å². The van der Waals surface area contributed by atoms with Crippen molar-refractivity contribution in [3.05, 3.63) is 285 Å². The summed E-state index contributed by atoms with van der Waals surface area (Å²) >= 11 is 0. The summed E-state index contributed by atoms with van der Waals surface area (Å²) in [5.74, 6) is 0.675. The maximum absolute atomic E-state index is 5.63. The Morgan fingerprint density at radius 3 is 0.903 bits per heavy atom. The fraction of sp³-hybridized carbons (Fsp3) is 0. The summed E-state index contributed by atoms with van der Waals surface area (Å²) in [5, 5.41) is 0. The molecule has 0 unspecified atom stereocenters. The molecule has 0 radical (unpaired) electrons. The molecule has 0 spiro atoms. The van der Waals surface area contributed by atoms with Gasteiger partial charge in [-0.3, -0.25) is 0 Å². The molecular formula is C69H47N3. The number of aromatic nitrogens is 3. The normalized spacial score (nSPS) is 11.1. The van der Waals surface area contributed by atoms with Gasteiger partial charge < -0.3 is 0 Å². The predicted molar refractivity (Wildman–Crippen MR) is 300 cm³/mol. The second kappa shape index (κ2) is 19.8. The molecule has 72 heavy (non-hydrogen) atoms. The number of hydrogen-bond acceptors (Lipinski definition) is 3. The maximum atomic E-state index is 5.63. The van der Waals surface area contributed by atoms with Crippen molar-refractivity contribution in [2.45, 2.75) is 0 Å². The van der Waals surface area contributed by atoms with Gasteiger partial charge in [0.05, 0.1) is 22.8 Å². The van der Waals surface area contributed by atoms with Crippen molar-refractivity contribution < 1.29 is 0 Å². The number of rotatable bonds is 11. The zero-order valence-electron chi connectivity index (χ0n) is 39.5. The van der Waals surface area contributed by atoms with E-state index in [4.69, 9.17) is 15.0 Å². The Balaban J connectivity index is 0.981. The SMILES string of the molecule is c1ccc(-c2ccc(-c3cc(-c4cccc(-c5ccc(-c6c(-c7ccccc7)c(-c7ccccc7)nc(-c7ccccc7)c6-c6ccccc6)cc5)c4)nc(-c4ccc(-c5ccccc5)cc4)n3)cc2)cc1. The van der Waals surface area contributed by atoms with Gasteiger partial charge in [-0.25, -0.2) is 15.0 Å². The predicted octanol–water partition coefficient (Wildman–Crippen LogP) is 18.2. The van der Waals surface area contributed by atoms with Crippen LogP contribution in [0.5, 0.6) is 0 Å². The summed E-state index contributed by atoms with van der Waals surface area (Å²) in [5.41, 5.74) is 22.2. The van der Waals surface area contributed by atoms with E-state index in [2.05, 4.69) is 273 Å². The molecule has 0 bridgehead atoms. The summed E-state index contributed by atoms with van der Waals surface area (Å²) in [6.07, 6.45) is 0. The van der Waals surface area contributed by atoms with Crippen LogP contribution in [0.2, 0.25) is 0 Å². The highest BCUT2D eigenvalue weighted by Gasteiger charge is 2.25. The fourth-order valence-corrected chi connectivity index (χ4v) is 9.72. The van der Waals surface area contributed by atoms with Gasteiger partial charge in [0.1, 0.15) is 0 Å². The second-order valence-electron chi connectivity index (χ2n) is 17.9. The Hall–Kier alpha value is -9.57. The van der Waals surface area contributed by atoms with E-state index in [-0.39, 0.29) is 0 Å². The average molecular weight is 918 g/mol. The summed E-state index contributed by atoms with van der Waals surface area (Å²) < 4.78 is 0. The van der Waals surface area contributed by atoms with Gasteiger partial charge in [-0.15, -0.1) is 0 Å². The van der Waals surface area contributed by atoms with Gasteiger partial charge in [0.2, 0.25) is 0 Å². The van der Waals surface area contributed by atoms with E-state index >= 15 is 0 Å². The van der Waals surface area contributed by atoms with Crippen LogP contribution in [0.3, 0.4) is 0 Å². The first-order valence-electron chi connectivity index (χ1n) is 24.4. The molecular weight excluding hydrogens is 871 g/mol. The van der Waals surface area contributed by atoms with E-state index < -0.39 is 0 Å². The van der Waals surface area contributed by atoms with Crippen LogP contribution in [0.1, 0.15) is 0 Å². The molecule has 0 aliphatic heterocycles. The minimum atomic E-state index is 0.675. The Morgan fingerprint density at radius 1 is 0.167 bits per heavy atom. The van der Waals surface area contributed by atoms with Gasteiger partial charge >= 0.3 is 0 Å². The van der Waals surface area contributed by atoms with E-state index in [1.807, 2.05) is 12.1 Å². The molecule has 0 amide bonds. The monoisotopic (exact) mass is 917 g/mol. The first-order chi connectivity index (χ1) is 35.7. The maximum Gasteiger partial charge on any atom is 0.160 e. The lowest BCUT2D eigenvalue weighted by Gasteiger charge is -2.23. The molecule has 0 aliphatic carbocycles. The van der Waals surface area contributed by atoms with Crippen LogP contribution in [0.4, 0.5) is 0 Å². The van der Waals surface area contributed by atoms with Crippen molar-refractivity contribution in [3.8, 4) is 123 Å². The molecule has 0 saturated heterocycles. The molecule has 0 aliphatic rings. The lowest BCUT2D eigenvalue weighted by Crippen LogP contribution is -2.01. The first kappa shape index (κ1) is 43.7. The number of hydrogen-bond donors (Lipinski definition) is 0. The third kappa shape index (κ3) is 8.95. The molecule has 2 heterocycles. The highest BCUT2D eigenvalue weighted by Crippen LogP contribution is 2.49. The van der Waals surface area contributed by atoms with Crippen LogP contribution < -0.4 is 0 Å². The highest BCUT2D eigenvalue weighted by atomic mass is 14.9. The van der Waals surface area contributed by atoms with E-state index in [9.17, 15) is 0 Å². The summed E-state index contributed by atoms with van der Waals surface area (Å²) in [6.45, 7) is 0. The molecule has 3 nitrogen and oxygen atoms in total. The zero-order valence-corrected chi connectivity index (χ0v) is 39.5. The van der Waals surface area contributed by atoms with Crippen molar-refractivity contribution in [2.75, 3.05) is 0 Å². The van der Waals surface area contributed by atoms with Gasteiger partial charge in [-0.1, -0.05) is 273 Å². The number of benzene rings is 10. The molecule has 0 fully saturated rings. The second-order valence-corrected chi connectivity index (χ2v) is 17.9. The van der Waals surface area contributed by atoms with Gasteiger partial charge in [0, 0.05) is 44.5 Å². The van der Waals surface area contributed by atoms with E-state index in [0.29, 0.717) is 5.82 Å². The van der Waals surface area contributed by atoms with Crippen molar-refractivity contribution in [2.24, 2.45) is 0 Å². The number of pyridine rings is 1. The highest BCUT2D eigenvalue weighted by molar-refractivity contribution is 6.05. The lowest BCUT2D eigenvalue weighted by atomic mass is 9.83. The van der Waals surface area contributed by atoms with Crippen LogP contribution in [-0.4, -0.2) is 15.0 Å². The molecule has 0 saturated carbocycles. The zero-order chi connectivity index (χ0) is 48.1. The summed E-state index contributed by atoms with van der Waals surface area (Å²) in [6, 6.07) is 101. The molecule has 10 aromatic carbocycles. The van der Waals surface area contributed by atoms with Crippen LogP contribution >= 0.6 is 0 Å². The largest absolute Gasteiger partial charge is 0.246 e. The minimum Gasteiger partial charge on any atom is -0.246 e. The molecule has 2 aromatic heterocycles. The van der Waals surface area contributed by atoms with Crippen molar-refractivity contribution >= 4 is 0 Å². The Labute approximate surface area is 421 Å². The van der Waals surface area contributed by atoms with Gasteiger partial charge in [-0.2, -0.15) is 0 Å². The Bertz CT molecular complexity index is 3570. The van der Waals surface area contributed by atoms with E-state index in [1.165, 1.54) is 11.1 Å². The molecule has 12 rings (SSSR count). The molecule has 338 valence electrons. The Kier molecular flexibility index (Phi) is 12.0. The van der Waals surface area contributed by atoms with E-state index in [1.54, 1.807) is 0 Å². The quantitative estimate of drug-likeness (QED) is 0.130. The van der Waals surface area contributed by atoms with Gasteiger partial charge in [-0.05, 0) is 62.2 Å². The first-order valence-corrected chi connectivity index (χ1v) is 24.4. The van der Waals surface area contributed by atoms with E-state index in [0.717, 1.165) is 106 Å².